The number of aliphatic hydroxyl groups is 1. The Hall–Kier alpha value is -4.56. The number of β-amino-alcohol motifs (C(OH)–C–C–N with tert-alkyl or cyclic N) is 1. The monoisotopic (exact) mass is 636 g/mol. The van der Waals surface area contributed by atoms with Crippen molar-refractivity contribution in [3.8, 4) is 28.7 Å². The van der Waals surface area contributed by atoms with Crippen molar-refractivity contribution in [3.05, 3.63) is 78.2 Å². The number of nitrogens with one attached hydrogen (secondary N) is 2. The van der Waals surface area contributed by atoms with Gasteiger partial charge in [0.1, 0.15) is 24.2 Å². The van der Waals surface area contributed by atoms with Crippen LogP contribution in [0.5, 0.6) is 28.7 Å². The summed E-state index contributed by atoms with van der Waals surface area (Å²) in [7, 11) is 1.50. The number of fused-ring (bicyclic) bond motifs is 1. The van der Waals surface area contributed by atoms with E-state index in [9.17, 15) is 15.0 Å². The number of methoxy groups -OCH3 is 1. The molecule has 11 nitrogen and oxygen atoms in total. The molecule has 0 radical (unpaired) electrons. The number of carbonyl (C=O) groups is 1. The highest BCUT2D eigenvalue weighted by molar-refractivity contribution is 7.80. The Morgan fingerprint density at radius 3 is 2.64 bits per heavy atom. The summed E-state index contributed by atoms with van der Waals surface area (Å²) < 4.78 is 37.8. The molecule has 1 saturated heterocycles. The molecule has 1 aromatic heterocycles. The Kier molecular flexibility index (Phi) is 10.6. The van der Waals surface area contributed by atoms with Gasteiger partial charge in [-0.1, -0.05) is 18.2 Å². The maximum atomic E-state index is 15.1. The van der Waals surface area contributed by atoms with Crippen molar-refractivity contribution in [2.24, 2.45) is 0 Å². The minimum atomic E-state index is -0.707. The number of para-hydroxylation sites is 1. The zero-order valence-electron chi connectivity index (χ0n) is 24.5. The lowest BCUT2D eigenvalue weighted by Gasteiger charge is -2.28. The van der Waals surface area contributed by atoms with Crippen LogP contribution in [-0.4, -0.2) is 83.8 Å². The van der Waals surface area contributed by atoms with E-state index in [4.69, 9.17) is 31.2 Å². The van der Waals surface area contributed by atoms with E-state index in [1.165, 1.54) is 31.5 Å². The van der Waals surface area contributed by atoms with Crippen LogP contribution in [0.2, 0.25) is 0 Å². The average Bonchev–Trinajstić information content (AvgIpc) is 3.02. The van der Waals surface area contributed by atoms with Gasteiger partial charge in [-0.3, -0.25) is 14.7 Å². The number of ether oxygens (including phenoxy) is 4. The number of carbonyl (C=O) groups excluding carboxylic acids is 1. The number of phenols is 1. The summed E-state index contributed by atoms with van der Waals surface area (Å²) in [5, 5.41) is 26.2. The van der Waals surface area contributed by atoms with Gasteiger partial charge in [-0.2, -0.15) is 0 Å². The van der Waals surface area contributed by atoms with Crippen molar-refractivity contribution in [2.45, 2.75) is 12.5 Å². The Labute approximate surface area is 264 Å². The fraction of sp³-hybridized carbons (Fsp3) is 0.281. The molecule has 1 aliphatic heterocycles. The molecular formula is C32H33FN4O7S. The third kappa shape index (κ3) is 8.54. The van der Waals surface area contributed by atoms with Crippen molar-refractivity contribution >= 4 is 39.8 Å². The van der Waals surface area contributed by atoms with E-state index in [2.05, 4.69) is 20.5 Å². The predicted molar refractivity (Wildman–Crippen MR) is 170 cm³/mol. The molecule has 0 spiro atoms. The number of rotatable bonds is 11. The van der Waals surface area contributed by atoms with Gasteiger partial charge >= 0.3 is 0 Å². The Morgan fingerprint density at radius 1 is 1.09 bits per heavy atom. The number of phenolic OH excluding ortho intramolecular Hbond substituents is 1. The third-order valence-electron chi connectivity index (χ3n) is 7.00. The summed E-state index contributed by atoms with van der Waals surface area (Å²) in [6.45, 7) is 3.33. The normalized spacial score (nSPS) is 14.0. The lowest BCUT2D eigenvalue weighted by molar-refractivity contribution is -0.119. The van der Waals surface area contributed by atoms with Gasteiger partial charge in [0.2, 0.25) is 5.91 Å². The predicted octanol–water partition coefficient (Wildman–Crippen LogP) is 4.01. The second-order valence-electron chi connectivity index (χ2n) is 10.3. The van der Waals surface area contributed by atoms with E-state index < -0.39 is 17.8 Å². The minimum Gasteiger partial charge on any atom is -0.508 e. The van der Waals surface area contributed by atoms with Crippen molar-refractivity contribution < 1.29 is 38.3 Å². The van der Waals surface area contributed by atoms with E-state index in [1.807, 2.05) is 0 Å². The average molecular weight is 637 g/mol. The van der Waals surface area contributed by atoms with Gasteiger partial charge in [0.05, 0.1) is 32.3 Å². The highest BCUT2D eigenvalue weighted by atomic mass is 32.1. The van der Waals surface area contributed by atoms with Crippen LogP contribution in [-0.2, 0) is 16.0 Å². The van der Waals surface area contributed by atoms with Crippen LogP contribution in [0.15, 0.2) is 66.9 Å². The molecule has 4 aromatic rings. The number of aromatic hydroxyl groups is 1. The van der Waals surface area contributed by atoms with Crippen molar-refractivity contribution in [1.29, 1.82) is 0 Å². The summed E-state index contributed by atoms with van der Waals surface area (Å²) in [5.41, 5.74) is 1.27. The number of anilines is 1. The number of amides is 1. The quantitative estimate of drug-likeness (QED) is 0.178. The first kappa shape index (κ1) is 31.9. The van der Waals surface area contributed by atoms with Gasteiger partial charge in [0.15, 0.2) is 28.2 Å². The number of morpholine rings is 1. The van der Waals surface area contributed by atoms with E-state index in [1.54, 1.807) is 42.5 Å². The third-order valence-corrected chi connectivity index (χ3v) is 7.20. The van der Waals surface area contributed by atoms with Gasteiger partial charge in [0.25, 0.3) is 0 Å². The molecule has 5 rings (SSSR count). The molecule has 4 N–H and O–H groups in total. The number of hydrogen-bond donors (Lipinski definition) is 4. The number of aliphatic hydroxyl groups excluding tert-OH is 1. The molecule has 2 heterocycles. The molecule has 0 bridgehead atoms. The summed E-state index contributed by atoms with van der Waals surface area (Å²) in [4.78, 5) is 18.8. The molecule has 1 unspecified atom stereocenters. The van der Waals surface area contributed by atoms with Gasteiger partial charge < -0.3 is 39.8 Å². The van der Waals surface area contributed by atoms with Crippen LogP contribution in [0.25, 0.3) is 10.9 Å². The highest BCUT2D eigenvalue weighted by Gasteiger charge is 2.18. The van der Waals surface area contributed by atoms with Crippen LogP contribution >= 0.6 is 12.2 Å². The molecule has 1 amide bonds. The molecule has 0 saturated carbocycles. The van der Waals surface area contributed by atoms with E-state index in [0.717, 1.165) is 13.1 Å². The maximum Gasteiger partial charge on any atom is 0.230 e. The topological polar surface area (TPSA) is 135 Å². The fourth-order valence-corrected chi connectivity index (χ4v) is 4.99. The van der Waals surface area contributed by atoms with Crippen molar-refractivity contribution in [1.82, 2.24) is 15.2 Å². The molecule has 1 aliphatic rings. The molecule has 45 heavy (non-hydrogen) atoms. The summed E-state index contributed by atoms with van der Waals surface area (Å²) >= 11 is 5.19. The second-order valence-corrected chi connectivity index (χ2v) is 10.7. The SMILES string of the molecule is COc1cc2c(Oc3ccc(NC(=S)NC(=O)Cc4ccccc4O)cc3F)ccnc2cc1OCC(O)CN1CCOCC1. The number of hydrogen-bond acceptors (Lipinski definition) is 10. The van der Waals surface area contributed by atoms with Gasteiger partial charge in [0, 0.05) is 54.6 Å². The number of pyridine rings is 1. The van der Waals surface area contributed by atoms with E-state index >= 15 is 4.39 Å². The minimum absolute atomic E-state index is 0.00771. The number of benzene rings is 3. The molecule has 3 aromatic carbocycles. The molecule has 13 heteroatoms. The van der Waals surface area contributed by atoms with Gasteiger partial charge in [-0.15, -0.1) is 0 Å². The highest BCUT2D eigenvalue weighted by Crippen LogP contribution is 2.38. The summed E-state index contributed by atoms with van der Waals surface area (Å²) in [6, 6.07) is 15.6. The molecule has 1 atom stereocenters. The van der Waals surface area contributed by atoms with E-state index in [-0.39, 0.29) is 29.6 Å². The van der Waals surface area contributed by atoms with Crippen molar-refractivity contribution in [3.63, 3.8) is 0 Å². The largest absolute Gasteiger partial charge is 0.508 e. The zero-order chi connectivity index (χ0) is 31.8. The smallest absolute Gasteiger partial charge is 0.230 e. The standard InChI is InChI=1S/C32H33FN4O7S/c1-41-29-16-23-25(17-30(29)43-19-22(38)18-37-10-12-42-13-11-37)34-9-8-27(23)44-28-7-6-21(15-24(28)33)35-32(45)36-31(40)14-20-4-2-3-5-26(20)39/h2-9,15-17,22,38-39H,10-14,18-19H2,1H3,(H2,35,36,40,45). The number of thiocarbonyl (C=S) groups is 1. The fourth-order valence-electron chi connectivity index (χ4n) is 4.76. The number of halogens is 1. The lowest BCUT2D eigenvalue weighted by Crippen LogP contribution is -2.42. The van der Waals surface area contributed by atoms with Crippen LogP contribution in [0.1, 0.15) is 5.56 Å². The first-order chi connectivity index (χ1) is 21.8. The van der Waals surface area contributed by atoms with Crippen LogP contribution in [0.3, 0.4) is 0 Å². The van der Waals surface area contributed by atoms with Gasteiger partial charge in [-0.05, 0) is 42.5 Å². The van der Waals surface area contributed by atoms with Crippen molar-refractivity contribution in [2.75, 3.05) is 51.9 Å². The van der Waals surface area contributed by atoms with E-state index in [0.29, 0.717) is 59.2 Å². The maximum absolute atomic E-state index is 15.1. The molecule has 236 valence electrons. The summed E-state index contributed by atoms with van der Waals surface area (Å²) in [5.74, 6) is -0.00955. The molecule has 0 aliphatic carbocycles. The van der Waals surface area contributed by atoms with Crippen LogP contribution in [0.4, 0.5) is 10.1 Å². The van der Waals surface area contributed by atoms with Crippen LogP contribution in [0, 0.1) is 5.82 Å². The summed E-state index contributed by atoms with van der Waals surface area (Å²) in [6.07, 6.45) is 0.747. The zero-order valence-corrected chi connectivity index (χ0v) is 25.3. The Bertz CT molecular complexity index is 1670. The Balaban J connectivity index is 1.22. The molecular weight excluding hydrogens is 603 g/mol. The number of aromatic nitrogens is 1. The second kappa shape index (κ2) is 14.9. The lowest BCUT2D eigenvalue weighted by atomic mass is 10.1. The van der Waals surface area contributed by atoms with Gasteiger partial charge in [-0.25, -0.2) is 4.39 Å². The molecule has 1 fully saturated rings. The Morgan fingerprint density at radius 2 is 1.89 bits per heavy atom. The first-order valence-electron chi connectivity index (χ1n) is 14.2. The van der Waals surface area contributed by atoms with Crippen LogP contribution < -0.4 is 24.8 Å². The number of nitrogens with zero attached hydrogens (tertiary/aromatic N) is 2. The first-order valence-corrected chi connectivity index (χ1v) is 14.6.